The number of likely N-dealkylation sites (tertiary alicyclic amines) is 1. The molecule has 8 nitrogen and oxygen atoms in total. The number of nitriles is 1. The fourth-order valence-corrected chi connectivity index (χ4v) is 4.56. The van der Waals surface area contributed by atoms with E-state index < -0.39 is 6.67 Å². The Kier molecular flexibility index (Phi) is 5.66. The lowest BCUT2D eigenvalue weighted by Crippen LogP contribution is -2.40. The first-order chi connectivity index (χ1) is 14.5. The predicted octanol–water partition coefficient (Wildman–Crippen LogP) is 2.10. The van der Waals surface area contributed by atoms with Crippen LogP contribution in [0, 0.1) is 30.1 Å². The molecule has 2 aromatic rings. The summed E-state index contributed by atoms with van der Waals surface area (Å²) in [7, 11) is 0. The maximum atomic E-state index is 13.0. The number of H-pyrrole nitrogens is 1. The molecule has 1 atom stereocenters. The van der Waals surface area contributed by atoms with Crippen molar-refractivity contribution in [2.24, 2.45) is 11.8 Å². The Bertz CT molecular complexity index is 1040. The molecule has 2 aromatic heterocycles. The molecule has 1 unspecified atom stereocenters. The third-order valence-corrected chi connectivity index (χ3v) is 6.35. The monoisotopic (exact) mass is 412 g/mol. The molecule has 1 N–H and O–H groups in total. The van der Waals surface area contributed by atoms with Crippen LogP contribution in [-0.4, -0.2) is 50.3 Å². The summed E-state index contributed by atoms with van der Waals surface area (Å²) in [5.74, 6) is 0.0393. The van der Waals surface area contributed by atoms with Crippen LogP contribution in [0.4, 0.5) is 4.39 Å². The number of hydrogen-bond donors (Lipinski definition) is 1. The summed E-state index contributed by atoms with van der Waals surface area (Å²) < 4.78 is 14.2. The lowest BCUT2D eigenvalue weighted by Gasteiger charge is -2.33. The largest absolute Gasteiger partial charge is 0.339 e. The zero-order valence-electron chi connectivity index (χ0n) is 17.0. The molecule has 0 spiro atoms. The first-order valence-corrected chi connectivity index (χ1v) is 10.5. The van der Waals surface area contributed by atoms with Gasteiger partial charge in [0.15, 0.2) is 0 Å². The van der Waals surface area contributed by atoms with E-state index in [4.69, 9.17) is 0 Å². The molecule has 9 heteroatoms. The molecule has 30 heavy (non-hydrogen) atoms. The fraction of sp³-hybridized carbons (Fsp3) is 0.571. The highest BCUT2D eigenvalue weighted by Crippen LogP contribution is 2.28. The molecule has 158 valence electrons. The molecule has 2 aliphatic rings. The molecule has 0 aromatic carbocycles. The number of aromatic amines is 1. The van der Waals surface area contributed by atoms with Crippen LogP contribution in [0.2, 0.25) is 0 Å². The normalized spacial score (nSPS) is 17.6. The first kappa shape index (κ1) is 20.3. The number of amides is 1. The van der Waals surface area contributed by atoms with E-state index >= 15 is 0 Å². The Morgan fingerprint density at radius 3 is 2.87 bits per heavy atom. The Morgan fingerprint density at radius 2 is 2.17 bits per heavy atom. The zero-order valence-corrected chi connectivity index (χ0v) is 17.0. The molecular formula is C21H25FN6O2. The SMILES string of the molecule is Cc1c(C(=O)N2CCC(C(C#N)CCF)CC2)cnn1-c1nc2c(c(=O)[nH]1)CCC2. The van der Waals surface area contributed by atoms with E-state index in [9.17, 15) is 19.2 Å². The number of nitrogens with one attached hydrogen (secondary N) is 1. The van der Waals surface area contributed by atoms with Crippen molar-refractivity contribution in [1.82, 2.24) is 24.6 Å². The van der Waals surface area contributed by atoms with Crippen molar-refractivity contribution in [1.29, 1.82) is 5.26 Å². The molecule has 0 saturated carbocycles. The Labute approximate surface area is 173 Å². The molecule has 3 heterocycles. The number of aromatic nitrogens is 4. The minimum atomic E-state index is -0.491. The number of nitrogens with zero attached hydrogens (tertiary/aromatic N) is 5. The van der Waals surface area contributed by atoms with Crippen molar-refractivity contribution in [3.8, 4) is 12.0 Å². The summed E-state index contributed by atoms with van der Waals surface area (Å²) in [6.07, 6.45) is 5.59. The maximum Gasteiger partial charge on any atom is 0.257 e. The second kappa shape index (κ2) is 8.38. The number of carbonyl (C=O) groups is 1. The van der Waals surface area contributed by atoms with Crippen LogP contribution >= 0.6 is 0 Å². The van der Waals surface area contributed by atoms with E-state index in [0.29, 0.717) is 43.1 Å². The van der Waals surface area contributed by atoms with Crippen LogP contribution in [-0.2, 0) is 12.8 Å². The van der Waals surface area contributed by atoms with Gasteiger partial charge >= 0.3 is 0 Å². The number of fused-ring (bicyclic) bond motifs is 1. The van der Waals surface area contributed by atoms with Gasteiger partial charge < -0.3 is 4.90 Å². The van der Waals surface area contributed by atoms with Crippen molar-refractivity contribution >= 4 is 5.91 Å². The second-order valence-corrected chi connectivity index (χ2v) is 8.07. The number of piperidine rings is 1. The standard InChI is InChI=1S/C21H25FN6O2/c1-13-17(20(30)27-9-6-14(7-10-27)15(11-23)5-8-22)12-24-28(13)21-25-18-4-2-3-16(18)19(29)26-21/h12,14-15H,2-10H2,1H3,(H,25,26,29). The van der Waals surface area contributed by atoms with E-state index in [-0.39, 0.29) is 29.7 Å². The van der Waals surface area contributed by atoms with Crippen LogP contribution in [0.1, 0.15) is 53.0 Å². The van der Waals surface area contributed by atoms with Gasteiger partial charge in [-0.25, -0.2) is 9.67 Å². The van der Waals surface area contributed by atoms with Gasteiger partial charge in [-0.3, -0.25) is 19.0 Å². The number of hydrogen-bond acceptors (Lipinski definition) is 5. The average molecular weight is 412 g/mol. The van der Waals surface area contributed by atoms with Crippen LogP contribution in [0.15, 0.2) is 11.0 Å². The number of halogens is 1. The van der Waals surface area contributed by atoms with Crippen LogP contribution in [0.5, 0.6) is 0 Å². The maximum absolute atomic E-state index is 13.0. The van der Waals surface area contributed by atoms with Crippen molar-refractivity contribution < 1.29 is 9.18 Å². The van der Waals surface area contributed by atoms with Gasteiger partial charge in [-0.2, -0.15) is 10.4 Å². The van der Waals surface area contributed by atoms with E-state index in [1.165, 1.54) is 10.9 Å². The lowest BCUT2D eigenvalue weighted by atomic mass is 9.83. The number of rotatable bonds is 5. The van der Waals surface area contributed by atoms with Crippen LogP contribution < -0.4 is 5.56 Å². The highest BCUT2D eigenvalue weighted by Gasteiger charge is 2.30. The van der Waals surface area contributed by atoms with Crippen LogP contribution in [0.25, 0.3) is 5.95 Å². The zero-order chi connectivity index (χ0) is 21.3. The van der Waals surface area contributed by atoms with Gasteiger partial charge in [0, 0.05) is 18.7 Å². The van der Waals surface area contributed by atoms with Gasteiger partial charge in [-0.05, 0) is 51.4 Å². The fourth-order valence-electron chi connectivity index (χ4n) is 4.56. The Hall–Kier alpha value is -3.02. The first-order valence-electron chi connectivity index (χ1n) is 10.5. The third-order valence-electron chi connectivity index (χ3n) is 6.35. The molecule has 1 saturated heterocycles. The van der Waals surface area contributed by atoms with E-state index in [2.05, 4.69) is 21.1 Å². The molecule has 0 bridgehead atoms. The summed E-state index contributed by atoms with van der Waals surface area (Å²) in [4.78, 5) is 34.4. The summed E-state index contributed by atoms with van der Waals surface area (Å²) in [6.45, 7) is 2.36. The molecule has 4 rings (SSSR count). The quantitative estimate of drug-likeness (QED) is 0.809. The summed E-state index contributed by atoms with van der Waals surface area (Å²) in [5.41, 5.74) is 2.50. The molecular weight excluding hydrogens is 387 g/mol. The third kappa shape index (κ3) is 3.62. The predicted molar refractivity (Wildman–Crippen MR) is 107 cm³/mol. The Balaban J connectivity index is 1.50. The second-order valence-electron chi connectivity index (χ2n) is 8.07. The molecule has 0 radical (unpaired) electrons. The van der Waals surface area contributed by atoms with Crippen molar-refractivity contribution in [3.05, 3.63) is 39.1 Å². The lowest BCUT2D eigenvalue weighted by molar-refractivity contribution is 0.0667. The average Bonchev–Trinajstić information content (AvgIpc) is 3.38. The molecule has 1 fully saturated rings. The van der Waals surface area contributed by atoms with Crippen molar-refractivity contribution in [2.45, 2.75) is 45.4 Å². The minimum absolute atomic E-state index is 0.124. The van der Waals surface area contributed by atoms with Gasteiger partial charge in [0.2, 0.25) is 5.95 Å². The summed E-state index contributed by atoms with van der Waals surface area (Å²) in [5, 5.41) is 13.5. The van der Waals surface area contributed by atoms with Gasteiger partial charge in [-0.1, -0.05) is 0 Å². The van der Waals surface area contributed by atoms with E-state index in [1.807, 2.05) is 0 Å². The molecule has 1 amide bonds. The summed E-state index contributed by atoms with van der Waals surface area (Å²) >= 11 is 0. The summed E-state index contributed by atoms with van der Waals surface area (Å²) in [6, 6.07) is 2.21. The highest BCUT2D eigenvalue weighted by atomic mass is 19.1. The van der Waals surface area contributed by atoms with Crippen molar-refractivity contribution in [3.63, 3.8) is 0 Å². The van der Waals surface area contributed by atoms with E-state index in [1.54, 1.807) is 11.8 Å². The number of carbonyl (C=O) groups excluding carboxylic acids is 1. The smallest absolute Gasteiger partial charge is 0.257 e. The molecule has 1 aliphatic carbocycles. The van der Waals surface area contributed by atoms with Gasteiger partial charge in [0.05, 0.1) is 41.8 Å². The number of alkyl halides is 1. The van der Waals surface area contributed by atoms with Gasteiger partial charge in [-0.15, -0.1) is 0 Å². The minimum Gasteiger partial charge on any atom is -0.339 e. The molecule has 1 aliphatic heterocycles. The van der Waals surface area contributed by atoms with Crippen LogP contribution in [0.3, 0.4) is 0 Å². The van der Waals surface area contributed by atoms with Gasteiger partial charge in [0.1, 0.15) is 0 Å². The topological polar surface area (TPSA) is 108 Å². The highest BCUT2D eigenvalue weighted by molar-refractivity contribution is 5.95. The van der Waals surface area contributed by atoms with Gasteiger partial charge in [0.25, 0.3) is 11.5 Å². The van der Waals surface area contributed by atoms with E-state index in [0.717, 1.165) is 30.5 Å². The number of aryl methyl sites for hydroxylation is 1. The van der Waals surface area contributed by atoms with Crippen molar-refractivity contribution in [2.75, 3.05) is 19.8 Å². The Morgan fingerprint density at radius 1 is 1.40 bits per heavy atom.